The number of halogens is 4. The third kappa shape index (κ3) is 21.0. The number of Topliss-reactive ketones (excluding diaryl/α,β-unsaturated/α-hetero) is 3. The molecule has 0 bridgehead atoms. The summed E-state index contributed by atoms with van der Waals surface area (Å²) in [5.74, 6) is 4.20. The van der Waals surface area contributed by atoms with Crippen LogP contribution in [0.3, 0.4) is 0 Å². The van der Waals surface area contributed by atoms with Gasteiger partial charge in [0, 0.05) is 123 Å². The number of aryl methyl sites for hydroxylation is 6. The first kappa shape index (κ1) is 81.0. The second kappa shape index (κ2) is 37.2. The summed E-state index contributed by atoms with van der Waals surface area (Å²) in [7, 11) is 5.88. The molecule has 0 radical (unpaired) electrons. The van der Waals surface area contributed by atoms with Crippen LogP contribution in [0.25, 0.3) is 43.6 Å². The van der Waals surface area contributed by atoms with Crippen LogP contribution < -0.4 is 24.0 Å². The fourth-order valence-electron chi connectivity index (χ4n) is 13.4. The van der Waals surface area contributed by atoms with E-state index >= 15 is 0 Å². The average molecular weight is 1580 g/mol. The maximum absolute atomic E-state index is 13.2. The molecule has 13 aromatic rings. The molecule has 112 heavy (non-hydrogen) atoms. The summed E-state index contributed by atoms with van der Waals surface area (Å²) in [6, 6.07) is 52.1. The number of fused-ring (bicyclic) bond motifs is 4. The monoisotopic (exact) mass is 1580 g/mol. The van der Waals surface area contributed by atoms with E-state index in [0.29, 0.717) is 80.8 Å². The molecule has 1 saturated heterocycles. The number of anilines is 2. The van der Waals surface area contributed by atoms with Crippen LogP contribution in [0.1, 0.15) is 79.2 Å². The van der Waals surface area contributed by atoms with Crippen LogP contribution in [0.15, 0.2) is 183 Å². The first-order valence-electron chi connectivity index (χ1n) is 37.2. The van der Waals surface area contributed by atoms with Crippen molar-refractivity contribution >= 4 is 119 Å². The van der Waals surface area contributed by atoms with Gasteiger partial charge >= 0.3 is 0 Å². The maximum Gasteiger partial charge on any atom is 0.230 e. The van der Waals surface area contributed by atoms with Crippen molar-refractivity contribution in [2.45, 2.75) is 93.5 Å². The first-order valence-corrected chi connectivity index (χ1v) is 38.7. The summed E-state index contributed by atoms with van der Waals surface area (Å²) >= 11 is 26.0. The van der Waals surface area contributed by atoms with E-state index in [1.165, 1.54) is 19.0 Å². The van der Waals surface area contributed by atoms with E-state index in [4.69, 9.17) is 65.7 Å². The molecule has 0 atom stereocenters. The molecule has 0 amide bonds. The van der Waals surface area contributed by atoms with Gasteiger partial charge < -0.3 is 34.0 Å². The van der Waals surface area contributed by atoms with Crippen LogP contribution in [0, 0.1) is 41.5 Å². The summed E-state index contributed by atoms with van der Waals surface area (Å²) < 4.78 is 18.2. The number of ketones is 3. The smallest absolute Gasteiger partial charge is 0.230 e. The number of aliphatic hydroxyl groups excluding tert-OH is 1. The van der Waals surface area contributed by atoms with Gasteiger partial charge in [0.1, 0.15) is 59.4 Å². The van der Waals surface area contributed by atoms with Crippen molar-refractivity contribution in [3.63, 3.8) is 0 Å². The fraction of sp³-hybridized carbons (Fsp3) is 0.267. The Hall–Kier alpha value is -10.5. The number of ether oxygens (including phenoxy) is 3. The minimum Gasteiger partial charge on any atom is -0.438 e. The van der Waals surface area contributed by atoms with Crippen LogP contribution in [0.2, 0.25) is 20.1 Å². The molecule has 22 heteroatoms. The Morgan fingerprint density at radius 1 is 0.438 bits per heavy atom. The highest BCUT2D eigenvalue weighted by Crippen LogP contribution is 2.37. The van der Waals surface area contributed by atoms with E-state index in [-0.39, 0.29) is 43.2 Å². The van der Waals surface area contributed by atoms with Crippen LogP contribution >= 0.6 is 46.4 Å². The highest BCUT2D eigenvalue weighted by atomic mass is 35.5. The van der Waals surface area contributed by atoms with Gasteiger partial charge in [0.2, 0.25) is 17.6 Å². The molecule has 4 aromatic heterocycles. The lowest BCUT2D eigenvalue weighted by atomic mass is 10.0. The Morgan fingerprint density at radius 2 is 0.875 bits per heavy atom. The molecule has 14 rings (SSSR count). The number of carbonyl (C=O) groups excluding carboxylic acids is 3. The number of benzene rings is 9. The standard InChI is InChI=1S/C31H32Cl2N4O2.C30H27ClN4O2.C29H30ClN3O3/c1-4-36-9-11-37(12-10-36)30-8-6-24(32)15-23(30)17-25(38)16-22-5-7-26(18-28(22)33)39-31-27-13-20(2)21(3)14-29(27)34-19-35-31;1-18-11-25-28(12-19(18)2)32-17-33-30(25)37-24-8-6-21(26(31)16-24)15-23(36)14-20-5-9-27-22(13-20)7-10-29(34-27)35(3)4;1-19-11-26-28(12-20(19)2)31-18-32-29(26)36-25-8-7-23(27(30)16-25)15-24(35)14-21-5-4-6-22(13-21)17-33(3)9-10-34/h5-8,13-15,18-19H,4,9-12,16-17H2,1-3H3;5-13,16-17H,14-15H2,1-4H3;4-8,11-13,16,18,34H,9-10,14-15,17H2,1-3H3. The van der Waals surface area contributed by atoms with Crippen molar-refractivity contribution in [1.82, 2.24) is 44.7 Å². The van der Waals surface area contributed by atoms with Gasteiger partial charge in [0.15, 0.2) is 0 Å². The Labute approximate surface area is 673 Å². The molecule has 1 aliphatic rings. The van der Waals surface area contributed by atoms with Crippen molar-refractivity contribution in [2.75, 3.05) is 76.8 Å². The Morgan fingerprint density at radius 3 is 1.32 bits per heavy atom. The summed E-state index contributed by atoms with van der Waals surface area (Å²) in [4.78, 5) is 78.3. The molecule has 0 aliphatic carbocycles. The number of aliphatic hydroxyl groups is 1. The molecule has 9 aromatic carbocycles. The molecule has 0 unspecified atom stereocenters. The average Bonchev–Trinajstić information content (AvgIpc) is 0.807. The lowest BCUT2D eigenvalue weighted by Crippen LogP contribution is -2.46. The predicted octanol–water partition coefficient (Wildman–Crippen LogP) is 19.0. The quantitative estimate of drug-likeness (QED) is 0.0565. The zero-order valence-electron chi connectivity index (χ0n) is 64.5. The van der Waals surface area contributed by atoms with Gasteiger partial charge in [0.05, 0.1) is 44.8 Å². The summed E-state index contributed by atoms with van der Waals surface area (Å²) in [6.07, 6.45) is 6.13. The molecular weight excluding hydrogens is 1490 g/mol. The molecule has 5 heterocycles. The van der Waals surface area contributed by atoms with Gasteiger partial charge in [-0.2, -0.15) is 0 Å². The van der Waals surface area contributed by atoms with Gasteiger partial charge in [-0.15, -0.1) is 0 Å². The van der Waals surface area contributed by atoms with Gasteiger partial charge in [-0.25, -0.2) is 34.9 Å². The number of likely N-dealkylation sites (N-methyl/N-ethyl adjacent to an activating group) is 2. The number of piperazine rings is 1. The van der Waals surface area contributed by atoms with Gasteiger partial charge in [-0.1, -0.05) is 102 Å². The van der Waals surface area contributed by atoms with E-state index in [9.17, 15) is 14.4 Å². The van der Waals surface area contributed by atoms with E-state index in [1.54, 1.807) is 24.3 Å². The topological polar surface area (TPSA) is 202 Å². The fourth-order valence-corrected chi connectivity index (χ4v) is 14.3. The molecule has 1 aliphatic heterocycles. The minimum atomic E-state index is 0.0777. The van der Waals surface area contributed by atoms with E-state index < -0.39 is 0 Å². The van der Waals surface area contributed by atoms with Gasteiger partial charge in [0.25, 0.3) is 0 Å². The minimum absolute atomic E-state index is 0.0777. The second-order valence-electron chi connectivity index (χ2n) is 28.7. The van der Waals surface area contributed by atoms with Crippen LogP contribution in [-0.4, -0.2) is 134 Å². The van der Waals surface area contributed by atoms with Crippen molar-refractivity contribution in [2.24, 2.45) is 0 Å². The highest BCUT2D eigenvalue weighted by molar-refractivity contribution is 6.32. The molecule has 0 spiro atoms. The number of hydrogen-bond donors (Lipinski definition) is 1. The molecular formula is C90H89Cl4N11O7. The third-order valence-electron chi connectivity index (χ3n) is 20.0. The second-order valence-corrected chi connectivity index (χ2v) is 30.4. The lowest BCUT2D eigenvalue weighted by Gasteiger charge is -2.36. The number of carbonyl (C=O) groups is 3. The number of hydrogen-bond acceptors (Lipinski definition) is 18. The highest BCUT2D eigenvalue weighted by Gasteiger charge is 2.22. The predicted molar refractivity (Wildman–Crippen MR) is 451 cm³/mol. The van der Waals surface area contributed by atoms with Gasteiger partial charge in [-0.3, -0.25) is 19.3 Å². The Bertz CT molecular complexity index is 5640. The van der Waals surface area contributed by atoms with Crippen molar-refractivity contribution in [3.05, 3.63) is 275 Å². The SMILES string of the molecule is CCN1CCN(c2ccc(Cl)cc2CC(=O)Cc2ccc(Oc3ncnc4cc(C)c(C)cc34)cc2Cl)CC1.Cc1cc2ncnc(Oc3ccc(CC(=O)Cc4ccc5nc(N(C)C)ccc5c4)c(Cl)c3)c2cc1C.Cc1cc2ncnc(Oc3ccc(CC(=O)Cc4cccc(CN(C)CCO)c4)c(Cl)c3)c2cc1C. The summed E-state index contributed by atoms with van der Waals surface area (Å²) in [5.41, 5.74) is 17.6. The molecule has 574 valence electrons. The molecule has 0 saturated carbocycles. The number of rotatable bonds is 25. The van der Waals surface area contributed by atoms with E-state index in [0.717, 1.165) is 167 Å². The number of pyridine rings is 1. The van der Waals surface area contributed by atoms with Crippen LogP contribution in [0.5, 0.6) is 34.9 Å². The van der Waals surface area contributed by atoms with Crippen molar-refractivity contribution < 1.29 is 33.7 Å². The molecule has 1 N–H and O–H groups in total. The first-order chi connectivity index (χ1) is 53.9. The molecule has 1 fully saturated rings. The Balaban J connectivity index is 0.000000156. The van der Waals surface area contributed by atoms with E-state index in [2.05, 4.69) is 65.5 Å². The Kier molecular flexibility index (Phi) is 26.9. The third-order valence-corrected chi connectivity index (χ3v) is 21.3. The largest absolute Gasteiger partial charge is 0.438 e. The zero-order valence-corrected chi connectivity index (χ0v) is 67.6. The van der Waals surface area contributed by atoms with Crippen molar-refractivity contribution in [1.29, 1.82) is 0 Å². The van der Waals surface area contributed by atoms with Crippen LogP contribution in [0.4, 0.5) is 11.5 Å². The maximum atomic E-state index is 13.2. The summed E-state index contributed by atoms with van der Waals surface area (Å²) in [5, 5.41) is 14.7. The van der Waals surface area contributed by atoms with E-state index in [1.807, 2.05) is 198 Å². The normalized spacial score (nSPS) is 12.2. The molecule has 18 nitrogen and oxygen atoms in total. The number of aromatic nitrogens is 7. The van der Waals surface area contributed by atoms with Crippen molar-refractivity contribution in [3.8, 4) is 34.9 Å². The summed E-state index contributed by atoms with van der Waals surface area (Å²) in [6.45, 7) is 20.9. The van der Waals surface area contributed by atoms with Gasteiger partial charge in [-0.05, 0) is 243 Å². The number of nitrogens with zero attached hydrogens (tertiary/aromatic N) is 11. The van der Waals surface area contributed by atoms with Crippen LogP contribution in [-0.2, 0) is 59.5 Å². The lowest BCUT2D eigenvalue weighted by molar-refractivity contribution is -0.118. The zero-order chi connectivity index (χ0) is 79.3.